The Hall–Kier alpha value is -1.49. The van der Waals surface area contributed by atoms with Crippen LogP contribution in [-0.2, 0) is 0 Å². The fraction of sp³-hybridized carbons (Fsp3) is 0.0909. The second-order valence-electron chi connectivity index (χ2n) is 3.24. The van der Waals surface area contributed by atoms with Gasteiger partial charge in [0.05, 0.1) is 4.47 Å². The lowest BCUT2D eigenvalue weighted by Crippen LogP contribution is -2.12. The Bertz CT molecular complexity index is 424. The summed E-state index contributed by atoms with van der Waals surface area (Å²) in [7, 11) is 1.83. The molecule has 0 aliphatic heterocycles. The zero-order chi connectivity index (χ0) is 11.5. The minimum Gasteiger partial charge on any atom is -0.314 e. The maximum atomic E-state index is 12.7. The number of hydrogen-bond acceptors (Lipinski definition) is 3. The lowest BCUT2D eigenvalue weighted by atomic mass is 10.3. The van der Waals surface area contributed by atoms with Crippen molar-refractivity contribution in [3.63, 3.8) is 0 Å². The molecule has 0 fully saturated rings. The van der Waals surface area contributed by atoms with Crippen LogP contribution in [0.3, 0.4) is 0 Å². The zero-order valence-corrected chi connectivity index (χ0v) is 10.1. The highest BCUT2D eigenvalue weighted by atomic mass is 79.9. The third-order valence-corrected chi connectivity index (χ3v) is 2.53. The van der Waals surface area contributed by atoms with Crippen LogP contribution in [0.15, 0.2) is 41.1 Å². The Morgan fingerprint density at radius 2 is 1.69 bits per heavy atom. The van der Waals surface area contributed by atoms with Crippen LogP contribution in [0.4, 0.5) is 16.0 Å². The summed E-state index contributed by atoms with van der Waals surface area (Å²) < 4.78 is 13.6. The molecule has 1 aromatic heterocycles. The summed E-state index contributed by atoms with van der Waals surface area (Å²) in [4.78, 5) is 10.1. The molecule has 82 valence electrons. The van der Waals surface area contributed by atoms with Crippen LogP contribution >= 0.6 is 15.9 Å². The van der Waals surface area contributed by atoms with Crippen LogP contribution in [0.1, 0.15) is 0 Å². The standard InChI is InChI=1S/C11H9BrFN3/c1-16(10-4-2-9(13)3-5-10)11-14-6-8(12)7-15-11/h2-7H,1H3. The molecule has 2 aromatic rings. The van der Waals surface area contributed by atoms with E-state index >= 15 is 0 Å². The number of hydrogen-bond donors (Lipinski definition) is 0. The second-order valence-corrected chi connectivity index (χ2v) is 4.15. The minimum absolute atomic E-state index is 0.256. The summed E-state index contributed by atoms with van der Waals surface area (Å²) in [5.41, 5.74) is 0.837. The van der Waals surface area contributed by atoms with Crippen LogP contribution in [-0.4, -0.2) is 17.0 Å². The molecule has 2 rings (SSSR count). The van der Waals surface area contributed by atoms with E-state index in [1.54, 1.807) is 29.4 Å². The van der Waals surface area contributed by atoms with E-state index in [0.717, 1.165) is 10.2 Å². The van der Waals surface area contributed by atoms with Gasteiger partial charge >= 0.3 is 0 Å². The van der Waals surface area contributed by atoms with E-state index in [2.05, 4.69) is 25.9 Å². The van der Waals surface area contributed by atoms with Crippen molar-refractivity contribution in [1.82, 2.24) is 9.97 Å². The molecular formula is C11H9BrFN3. The third kappa shape index (κ3) is 2.36. The van der Waals surface area contributed by atoms with Crippen molar-refractivity contribution in [2.45, 2.75) is 0 Å². The van der Waals surface area contributed by atoms with Gasteiger partial charge in [0.2, 0.25) is 5.95 Å². The average Bonchev–Trinajstić information content (AvgIpc) is 2.30. The van der Waals surface area contributed by atoms with Gasteiger partial charge in [0.1, 0.15) is 5.82 Å². The normalized spacial score (nSPS) is 10.2. The molecule has 16 heavy (non-hydrogen) atoms. The van der Waals surface area contributed by atoms with E-state index in [1.165, 1.54) is 12.1 Å². The van der Waals surface area contributed by atoms with Gasteiger partial charge in [-0.3, -0.25) is 0 Å². The molecule has 3 nitrogen and oxygen atoms in total. The van der Waals surface area contributed by atoms with Crippen molar-refractivity contribution in [3.05, 3.63) is 46.9 Å². The summed E-state index contributed by atoms with van der Waals surface area (Å²) in [6, 6.07) is 6.18. The van der Waals surface area contributed by atoms with E-state index in [4.69, 9.17) is 0 Å². The fourth-order valence-electron chi connectivity index (χ4n) is 1.26. The molecular weight excluding hydrogens is 273 g/mol. The number of aromatic nitrogens is 2. The predicted octanol–water partition coefficient (Wildman–Crippen LogP) is 3.15. The highest BCUT2D eigenvalue weighted by Crippen LogP contribution is 2.20. The van der Waals surface area contributed by atoms with Gasteiger partial charge in [0, 0.05) is 25.1 Å². The zero-order valence-electron chi connectivity index (χ0n) is 8.56. The highest BCUT2D eigenvalue weighted by Gasteiger charge is 2.06. The van der Waals surface area contributed by atoms with Crippen molar-refractivity contribution in [1.29, 1.82) is 0 Å². The Morgan fingerprint density at radius 3 is 2.25 bits per heavy atom. The molecule has 0 saturated heterocycles. The number of halogens is 2. The molecule has 1 aromatic carbocycles. The maximum Gasteiger partial charge on any atom is 0.229 e. The van der Waals surface area contributed by atoms with Gasteiger partial charge in [0.15, 0.2) is 0 Å². The molecule has 0 amide bonds. The minimum atomic E-state index is -0.256. The highest BCUT2D eigenvalue weighted by molar-refractivity contribution is 9.10. The smallest absolute Gasteiger partial charge is 0.229 e. The Balaban J connectivity index is 2.28. The summed E-state index contributed by atoms with van der Waals surface area (Å²) in [6.45, 7) is 0. The summed E-state index contributed by atoms with van der Waals surface area (Å²) in [5, 5.41) is 0. The molecule has 0 bridgehead atoms. The number of rotatable bonds is 2. The SMILES string of the molecule is CN(c1ccc(F)cc1)c1ncc(Br)cn1. The lowest BCUT2D eigenvalue weighted by Gasteiger charge is -2.16. The maximum absolute atomic E-state index is 12.7. The first-order valence-electron chi connectivity index (χ1n) is 4.63. The van der Waals surface area contributed by atoms with Gasteiger partial charge < -0.3 is 4.90 Å². The topological polar surface area (TPSA) is 29.0 Å². The predicted molar refractivity (Wildman–Crippen MR) is 64.2 cm³/mol. The lowest BCUT2D eigenvalue weighted by molar-refractivity contribution is 0.628. The van der Waals surface area contributed by atoms with E-state index in [0.29, 0.717) is 5.95 Å². The summed E-state index contributed by atoms with van der Waals surface area (Å²) in [6.07, 6.45) is 3.34. The van der Waals surface area contributed by atoms with Crippen LogP contribution in [0.2, 0.25) is 0 Å². The number of nitrogens with zero attached hydrogens (tertiary/aromatic N) is 3. The van der Waals surface area contributed by atoms with Crippen molar-refractivity contribution < 1.29 is 4.39 Å². The molecule has 5 heteroatoms. The van der Waals surface area contributed by atoms with Crippen molar-refractivity contribution in [2.75, 3.05) is 11.9 Å². The largest absolute Gasteiger partial charge is 0.314 e. The summed E-state index contributed by atoms with van der Waals surface area (Å²) in [5.74, 6) is 0.309. The van der Waals surface area contributed by atoms with Gasteiger partial charge in [-0.1, -0.05) is 0 Å². The second kappa shape index (κ2) is 4.57. The van der Waals surface area contributed by atoms with Gasteiger partial charge in [0.25, 0.3) is 0 Å². The average molecular weight is 282 g/mol. The van der Waals surface area contributed by atoms with E-state index in [-0.39, 0.29) is 5.82 Å². The molecule has 0 atom stereocenters. The van der Waals surface area contributed by atoms with Gasteiger partial charge in [-0.25, -0.2) is 14.4 Å². The molecule has 0 radical (unpaired) electrons. The first kappa shape index (κ1) is 11.0. The molecule has 0 unspecified atom stereocenters. The number of anilines is 2. The first-order valence-corrected chi connectivity index (χ1v) is 5.43. The van der Waals surface area contributed by atoms with E-state index in [1.807, 2.05) is 7.05 Å². The Kier molecular flexibility index (Phi) is 3.14. The van der Waals surface area contributed by atoms with Crippen LogP contribution in [0, 0.1) is 5.82 Å². The fourth-order valence-corrected chi connectivity index (χ4v) is 1.46. The monoisotopic (exact) mass is 281 g/mol. The first-order chi connectivity index (χ1) is 7.66. The molecule has 1 heterocycles. The molecule has 0 aliphatic rings. The van der Waals surface area contributed by atoms with Crippen molar-refractivity contribution in [3.8, 4) is 0 Å². The van der Waals surface area contributed by atoms with E-state index < -0.39 is 0 Å². The molecule has 0 aliphatic carbocycles. The van der Waals surface area contributed by atoms with Gasteiger partial charge in [-0.15, -0.1) is 0 Å². The number of benzene rings is 1. The van der Waals surface area contributed by atoms with Crippen molar-refractivity contribution in [2.24, 2.45) is 0 Å². The molecule has 0 spiro atoms. The quantitative estimate of drug-likeness (QED) is 0.847. The van der Waals surface area contributed by atoms with E-state index in [9.17, 15) is 4.39 Å². The molecule has 0 saturated carbocycles. The Labute approximate surface area is 101 Å². The third-order valence-electron chi connectivity index (χ3n) is 2.12. The van der Waals surface area contributed by atoms with Gasteiger partial charge in [-0.2, -0.15) is 0 Å². The van der Waals surface area contributed by atoms with Crippen molar-refractivity contribution >= 4 is 27.6 Å². The van der Waals surface area contributed by atoms with Gasteiger partial charge in [-0.05, 0) is 40.2 Å². The van der Waals surface area contributed by atoms with Crippen LogP contribution in [0.5, 0.6) is 0 Å². The summed E-state index contributed by atoms with van der Waals surface area (Å²) >= 11 is 3.27. The Morgan fingerprint density at radius 1 is 1.12 bits per heavy atom. The van der Waals surface area contributed by atoms with Crippen LogP contribution in [0.25, 0.3) is 0 Å². The van der Waals surface area contributed by atoms with Crippen LogP contribution < -0.4 is 4.90 Å². The molecule has 0 N–H and O–H groups in total.